The highest BCUT2D eigenvalue weighted by Crippen LogP contribution is 2.49. The number of benzene rings is 2. The Morgan fingerprint density at radius 2 is 1.86 bits per heavy atom. The minimum atomic E-state index is -0.835. The van der Waals surface area contributed by atoms with Crippen molar-refractivity contribution in [1.29, 1.82) is 5.41 Å². The first-order valence-corrected chi connectivity index (χ1v) is 9.99. The Morgan fingerprint density at radius 3 is 2.50 bits per heavy atom. The van der Waals surface area contributed by atoms with Crippen LogP contribution in [0.5, 0.6) is 0 Å². The van der Waals surface area contributed by atoms with Crippen LogP contribution in [0.25, 0.3) is 11.1 Å². The Morgan fingerprint density at radius 1 is 1.18 bits per heavy atom. The molecule has 1 aliphatic carbocycles. The smallest absolute Gasteiger partial charge is 0.260 e. The number of hydrogen-bond donors (Lipinski definition) is 2. The summed E-state index contributed by atoms with van der Waals surface area (Å²) in [6.07, 6.45) is 1.99. The van der Waals surface area contributed by atoms with Gasteiger partial charge in [0.2, 0.25) is 0 Å². The van der Waals surface area contributed by atoms with Gasteiger partial charge in [0, 0.05) is 18.1 Å². The van der Waals surface area contributed by atoms with Crippen LogP contribution in [0.2, 0.25) is 5.02 Å². The van der Waals surface area contributed by atoms with Gasteiger partial charge in [-0.3, -0.25) is 15.1 Å². The van der Waals surface area contributed by atoms with Crippen LogP contribution in [0, 0.1) is 11.3 Å². The summed E-state index contributed by atoms with van der Waals surface area (Å²) in [5, 5.41) is 12.4. The molecule has 0 radical (unpaired) electrons. The van der Waals surface area contributed by atoms with Crippen molar-refractivity contribution in [2.75, 3.05) is 27.2 Å². The van der Waals surface area contributed by atoms with E-state index in [2.05, 4.69) is 11.4 Å². The highest BCUT2D eigenvalue weighted by molar-refractivity contribution is 6.30. The second kappa shape index (κ2) is 7.22. The molecule has 1 heterocycles. The minimum Gasteiger partial charge on any atom is -0.338 e. The van der Waals surface area contributed by atoms with Crippen LogP contribution in [0.3, 0.4) is 0 Å². The molecular formula is C22H25ClN4O. The van der Waals surface area contributed by atoms with Gasteiger partial charge in [-0.05, 0) is 67.7 Å². The number of amides is 1. The molecule has 0 bridgehead atoms. The third-order valence-electron chi connectivity index (χ3n) is 5.60. The third-order valence-corrected chi connectivity index (χ3v) is 5.84. The molecule has 1 saturated heterocycles. The molecule has 0 spiro atoms. The molecular weight excluding hydrogens is 372 g/mol. The van der Waals surface area contributed by atoms with E-state index in [0.29, 0.717) is 11.6 Å². The van der Waals surface area contributed by atoms with Crippen molar-refractivity contribution in [3.63, 3.8) is 0 Å². The molecule has 1 atom stereocenters. The highest BCUT2D eigenvalue weighted by Gasteiger charge is 2.58. The molecule has 2 aromatic rings. The molecule has 1 aliphatic heterocycles. The van der Waals surface area contributed by atoms with Crippen molar-refractivity contribution >= 4 is 23.5 Å². The monoisotopic (exact) mass is 396 g/mol. The summed E-state index contributed by atoms with van der Waals surface area (Å²) in [7, 11) is 3.94. The summed E-state index contributed by atoms with van der Waals surface area (Å²) in [5.41, 5.74) is 2.13. The van der Waals surface area contributed by atoms with E-state index < -0.39 is 5.54 Å². The van der Waals surface area contributed by atoms with E-state index in [1.165, 1.54) is 0 Å². The maximum absolute atomic E-state index is 13.5. The molecule has 0 aromatic heterocycles. The lowest BCUT2D eigenvalue weighted by Gasteiger charge is -2.28. The number of carbonyl (C=O) groups excluding carboxylic acids is 1. The van der Waals surface area contributed by atoms with Crippen molar-refractivity contribution in [2.24, 2.45) is 5.92 Å². The van der Waals surface area contributed by atoms with Crippen LogP contribution in [-0.4, -0.2) is 48.9 Å². The molecule has 6 heteroatoms. The number of nitrogens with zero attached hydrogens (tertiary/aromatic N) is 2. The topological polar surface area (TPSA) is 59.4 Å². The molecule has 2 N–H and O–H groups in total. The first kappa shape index (κ1) is 19.0. The fraction of sp³-hybridized carbons (Fsp3) is 0.364. The van der Waals surface area contributed by atoms with Gasteiger partial charge in [-0.1, -0.05) is 41.9 Å². The van der Waals surface area contributed by atoms with E-state index in [0.717, 1.165) is 36.1 Å². The van der Waals surface area contributed by atoms with E-state index in [1.807, 2.05) is 61.5 Å². The van der Waals surface area contributed by atoms with Crippen molar-refractivity contribution in [2.45, 2.75) is 18.4 Å². The Kier molecular flexibility index (Phi) is 4.89. The molecule has 4 rings (SSSR count). The first-order chi connectivity index (χ1) is 13.4. The lowest BCUT2D eigenvalue weighted by molar-refractivity contribution is -0.132. The molecule has 146 valence electrons. The van der Waals surface area contributed by atoms with Crippen molar-refractivity contribution in [3.05, 3.63) is 59.1 Å². The predicted octanol–water partition coefficient (Wildman–Crippen LogP) is 3.54. The van der Waals surface area contributed by atoms with Crippen LogP contribution < -0.4 is 5.32 Å². The van der Waals surface area contributed by atoms with Crippen molar-refractivity contribution in [3.8, 4) is 11.1 Å². The quantitative estimate of drug-likeness (QED) is 0.785. The molecule has 1 saturated carbocycles. The van der Waals surface area contributed by atoms with Crippen molar-refractivity contribution in [1.82, 2.24) is 15.1 Å². The number of guanidine groups is 1. The number of likely N-dealkylation sites (N-methyl/N-ethyl adjacent to an activating group) is 1. The lowest BCUT2D eigenvalue weighted by atomic mass is 9.83. The number of nitrogens with one attached hydrogen (secondary N) is 2. The average molecular weight is 397 g/mol. The number of rotatable bonds is 6. The van der Waals surface area contributed by atoms with Gasteiger partial charge in [0.25, 0.3) is 5.91 Å². The molecule has 2 aliphatic rings. The van der Waals surface area contributed by atoms with Gasteiger partial charge in [0.15, 0.2) is 5.96 Å². The van der Waals surface area contributed by atoms with Gasteiger partial charge in [-0.2, -0.15) is 0 Å². The van der Waals surface area contributed by atoms with Crippen LogP contribution in [0.15, 0.2) is 48.5 Å². The lowest BCUT2D eigenvalue weighted by Crippen LogP contribution is -2.46. The van der Waals surface area contributed by atoms with Gasteiger partial charge < -0.3 is 10.2 Å². The maximum Gasteiger partial charge on any atom is 0.260 e. The van der Waals surface area contributed by atoms with Crippen LogP contribution >= 0.6 is 11.6 Å². The highest BCUT2D eigenvalue weighted by atomic mass is 35.5. The normalized spacial score (nSPS) is 22.1. The zero-order chi connectivity index (χ0) is 19.9. The maximum atomic E-state index is 13.5. The van der Waals surface area contributed by atoms with Crippen LogP contribution in [0.1, 0.15) is 18.4 Å². The van der Waals surface area contributed by atoms with Crippen LogP contribution in [-0.2, 0) is 10.3 Å². The molecule has 2 aromatic carbocycles. The van der Waals surface area contributed by atoms with Gasteiger partial charge in [0.05, 0.1) is 0 Å². The summed E-state index contributed by atoms with van der Waals surface area (Å²) in [6, 6.07) is 15.8. The van der Waals surface area contributed by atoms with Crippen LogP contribution in [0.4, 0.5) is 0 Å². The first-order valence-electron chi connectivity index (χ1n) is 9.62. The standard InChI is InChI=1S/C22H25ClN4O/c1-26(2)11-12-27-20(28)22(17-9-10-17,25-21(27)24)18-7-3-5-15(13-18)16-6-4-8-19(23)14-16/h3-8,13-14,17H,9-12H2,1-2H3,(H2,24,25). The summed E-state index contributed by atoms with van der Waals surface area (Å²) in [6.45, 7) is 1.24. The average Bonchev–Trinajstić information content (AvgIpc) is 3.48. The molecule has 1 unspecified atom stereocenters. The summed E-state index contributed by atoms with van der Waals surface area (Å²) in [4.78, 5) is 17.1. The van der Waals surface area contributed by atoms with Gasteiger partial charge in [-0.25, -0.2) is 0 Å². The van der Waals surface area contributed by atoms with E-state index in [1.54, 1.807) is 4.90 Å². The summed E-state index contributed by atoms with van der Waals surface area (Å²) >= 11 is 6.17. The van der Waals surface area contributed by atoms with E-state index in [9.17, 15) is 4.79 Å². The fourth-order valence-electron chi connectivity index (χ4n) is 3.97. The molecule has 2 fully saturated rings. The van der Waals surface area contributed by atoms with E-state index in [-0.39, 0.29) is 17.8 Å². The molecule has 5 nitrogen and oxygen atoms in total. The summed E-state index contributed by atoms with van der Waals surface area (Å²) in [5.74, 6) is 0.413. The Bertz CT molecular complexity index is 924. The van der Waals surface area contributed by atoms with E-state index >= 15 is 0 Å². The largest absolute Gasteiger partial charge is 0.338 e. The number of halogens is 1. The summed E-state index contributed by atoms with van der Waals surface area (Å²) < 4.78 is 0. The van der Waals surface area contributed by atoms with E-state index in [4.69, 9.17) is 17.0 Å². The molecule has 1 amide bonds. The number of hydrogen-bond acceptors (Lipinski definition) is 3. The van der Waals surface area contributed by atoms with Crippen molar-refractivity contribution < 1.29 is 4.79 Å². The zero-order valence-electron chi connectivity index (χ0n) is 16.2. The second-order valence-electron chi connectivity index (χ2n) is 7.91. The number of carbonyl (C=O) groups is 1. The van der Waals surface area contributed by atoms with Gasteiger partial charge in [0.1, 0.15) is 5.54 Å². The van der Waals surface area contributed by atoms with Gasteiger partial charge in [-0.15, -0.1) is 0 Å². The fourth-order valence-corrected chi connectivity index (χ4v) is 4.16. The third kappa shape index (κ3) is 3.29. The Hall–Kier alpha value is -2.37. The molecule has 28 heavy (non-hydrogen) atoms. The second-order valence-corrected chi connectivity index (χ2v) is 8.34. The Balaban J connectivity index is 1.72. The predicted molar refractivity (Wildman–Crippen MR) is 112 cm³/mol. The zero-order valence-corrected chi connectivity index (χ0v) is 17.0. The Labute approximate surface area is 170 Å². The van der Waals surface area contributed by atoms with Gasteiger partial charge >= 0.3 is 0 Å². The minimum absolute atomic E-state index is 0.00917. The SMILES string of the molecule is CN(C)CCN1C(=N)NC(c2cccc(-c3cccc(Cl)c3)c2)(C2CC2)C1=O.